The molecule has 0 saturated carbocycles. The minimum Gasteiger partial charge on any atom is -0.479 e. The molecule has 1 aromatic carbocycles. The van der Waals surface area contributed by atoms with Gasteiger partial charge in [-0.25, -0.2) is 9.18 Å². The van der Waals surface area contributed by atoms with Gasteiger partial charge < -0.3 is 14.4 Å². The molecule has 2 rings (SSSR count). The molecule has 2 aromatic rings. The van der Waals surface area contributed by atoms with E-state index in [0.717, 1.165) is 0 Å². The van der Waals surface area contributed by atoms with Crippen molar-refractivity contribution < 1.29 is 23.6 Å². The van der Waals surface area contributed by atoms with Gasteiger partial charge in [0.2, 0.25) is 5.82 Å². The lowest BCUT2D eigenvalue weighted by Crippen LogP contribution is -2.19. The van der Waals surface area contributed by atoms with Gasteiger partial charge in [0.15, 0.2) is 6.10 Å². The molecular weight excluding hydrogens is 255 g/mol. The number of hydrogen-bond acceptors (Lipinski definition) is 5. The van der Waals surface area contributed by atoms with Crippen molar-refractivity contribution in [3.8, 4) is 11.4 Å². The Morgan fingerprint density at radius 2 is 2.16 bits per heavy atom. The van der Waals surface area contributed by atoms with E-state index in [1.54, 1.807) is 0 Å². The van der Waals surface area contributed by atoms with Crippen LogP contribution in [0, 0.1) is 5.82 Å². The summed E-state index contributed by atoms with van der Waals surface area (Å²) >= 11 is 0. The summed E-state index contributed by atoms with van der Waals surface area (Å²) in [4.78, 5) is 14.6. The topological polar surface area (TPSA) is 85.5 Å². The third-order valence-corrected chi connectivity index (χ3v) is 2.38. The Morgan fingerprint density at radius 1 is 1.47 bits per heavy atom. The van der Waals surface area contributed by atoms with E-state index < -0.39 is 12.1 Å². The van der Waals surface area contributed by atoms with Gasteiger partial charge in [0.05, 0.1) is 0 Å². The van der Waals surface area contributed by atoms with Crippen molar-refractivity contribution >= 4 is 5.97 Å². The summed E-state index contributed by atoms with van der Waals surface area (Å²) in [5, 5.41) is 12.3. The molecule has 1 N–H and O–H groups in total. The Balaban J connectivity index is 2.03. The molecule has 0 aliphatic rings. The fourth-order valence-corrected chi connectivity index (χ4v) is 1.30. The Hall–Kier alpha value is -2.28. The maximum atomic E-state index is 12.8. The maximum absolute atomic E-state index is 12.8. The third-order valence-electron chi connectivity index (χ3n) is 2.38. The van der Waals surface area contributed by atoms with Gasteiger partial charge in [-0.05, 0) is 31.2 Å². The fourth-order valence-electron chi connectivity index (χ4n) is 1.30. The highest BCUT2D eigenvalue weighted by Gasteiger charge is 2.14. The van der Waals surface area contributed by atoms with Gasteiger partial charge in [0, 0.05) is 5.56 Å². The molecular formula is C12H11FN2O4. The minimum atomic E-state index is -1.07. The molecule has 0 spiro atoms. The summed E-state index contributed by atoms with van der Waals surface area (Å²) in [6.07, 6.45) is -0.957. The summed E-state index contributed by atoms with van der Waals surface area (Å²) in [6.45, 7) is 1.31. The average Bonchev–Trinajstić information content (AvgIpc) is 2.85. The molecule has 0 fully saturated rings. The first-order chi connectivity index (χ1) is 9.06. The summed E-state index contributed by atoms with van der Waals surface area (Å²) in [6, 6.07) is 5.61. The normalized spacial score (nSPS) is 12.3. The van der Waals surface area contributed by atoms with Crippen molar-refractivity contribution in [3.05, 3.63) is 36.0 Å². The second kappa shape index (κ2) is 5.57. The number of halogens is 1. The van der Waals surface area contributed by atoms with E-state index in [0.29, 0.717) is 11.4 Å². The zero-order valence-electron chi connectivity index (χ0n) is 10.0. The predicted molar refractivity (Wildman–Crippen MR) is 61.6 cm³/mol. The van der Waals surface area contributed by atoms with Gasteiger partial charge >= 0.3 is 5.97 Å². The number of nitrogens with zero attached hydrogens (tertiary/aromatic N) is 2. The number of carboxylic acid groups (broad SMARTS) is 1. The second-order valence-corrected chi connectivity index (χ2v) is 3.81. The summed E-state index contributed by atoms with van der Waals surface area (Å²) in [5.41, 5.74) is 0.600. The number of benzene rings is 1. The standard InChI is InChI=1S/C12H11FN2O4/c1-7(12(16)17)18-6-10-14-11(15-19-10)8-2-4-9(13)5-3-8/h2-5,7H,6H2,1H3,(H,16,17)/t7-/m0/s1. The molecule has 100 valence electrons. The highest BCUT2D eigenvalue weighted by atomic mass is 19.1. The van der Waals surface area contributed by atoms with Crippen LogP contribution in [0.4, 0.5) is 4.39 Å². The minimum absolute atomic E-state index is 0.0956. The van der Waals surface area contributed by atoms with Crippen LogP contribution in [0.25, 0.3) is 11.4 Å². The molecule has 0 unspecified atom stereocenters. The Kier molecular flexibility index (Phi) is 3.86. The van der Waals surface area contributed by atoms with Crippen LogP contribution in [0.3, 0.4) is 0 Å². The largest absolute Gasteiger partial charge is 0.479 e. The molecule has 7 heteroatoms. The Morgan fingerprint density at radius 3 is 2.79 bits per heavy atom. The van der Waals surface area contributed by atoms with Crippen LogP contribution in [0.2, 0.25) is 0 Å². The number of ether oxygens (including phenoxy) is 1. The van der Waals surface area contributed by atoms with Gasteiger partial charge in [-0.3, -0.25) is 0 Å². The van der Waals surface area contributed by atoms with E-state index in [2.05, 4.69) is 10.1 Å². The van der Waals surface area contributed by atoms with Gasteiger partial charge in [0.25, 0.3) is 5.89 Å². The number of carbonyl (C=O) groups is 1. The van der Waals surface area contributed by atoms with Gasteiger partial charge in [-0.1, -0.05) is 5.16 Å². The molecule has 0 amide bonds. The fraction of sp³-hybridized carbons (Fsp3) is 0.250. The van der Waals surface area contributed by atoms with E-state index in [4.69, 9.17) is 14.4 Å². The number of carboxylic acids is 1. The molecule has 6 nitrogen and oxygen atoms in total. The van der Waals surface area contributed by atoms with Gasteiger partial charge in [0.1, 0.15) is 12.4 Å². The number of hydrogen-bond donors (Lipinski definition) is 1. The van der Waals surface area contributed by atoms with Gasteiger partial charge in [-0.2, -0.15) is 4.98 Å². The molecule has 1 aromatic heterocycles. The van der Waals surface area contributed by atoms with Crippen LogP contribution < -0.4 is 0 Å². The Labute approximate surface area is 107 Å². The second-order valence-electron chi connectivity index (χ2n) is 3.81. The van der Waals surface area contributed by atoms with E-state index in [1.807, 2.05) is 0 Å². The van der Waals surface area contributed by atoms with Crippen molar-refractivity contribution in [1.29, 1.82) is 0 Å². The Bertz CT molecular complexity index is 567. The van der Waals surface area contributed by atoms with Crippen molar-refractivity contribution in [3.63, 3.8) is 0 Å². The number of aliphatic carboxylic acids is 1. The third kappa shape index (κ3) is 3.35. The van der Waals surface area contributed by atoms with E-state index in [9.17, 15) is 9.18 Å². The van der Waals surface area contributed by atoms with Crippen molar-refractivity contribution in [2.45, 2.75) is 19.6 Å². The smallest absolute Gasteiger partial charge is 0.332 e. The zero-order valence-corrected chi connectivity index (χ0v) is 10.0. The molecule has 19 heavy (non-hydrogen) atoms. The van der Waals surface area contributed by atoms with Crippen LogP contribution in [0.15, 0.2) is 28.8 Å². The molecule has 1 atom stereocenters. The first-order valence-corrected chi connectivity index (χ1v) is 5.49. The monoisotopic (exact) mass is 266 g/mol. The van der Waals surface area contributed by atoms with Gasteiger partial charge in [-0.15, -0.1) is 0 Å². The summed E-state index contributed by atoms with van der Waals surface area (Å²) in [5.74, 6) is -0.974. The lowest BCUT2D eigenvalue weighted by Gasteiger charge is -2.04. The summed E-state index contributed by atoms with van der Waals surface area (Å²) < 4.78 is 22.7. The van der Waals surface area contributed by atoms with Crippen molar-refractivity contribution in [2.24, 2.45) is 0 Å². The highest BCUT2D eigenvalue weighted by Crippen LogP contribution is 2.16. The first-order valence-electron chi connectivity index (χ1n) is 5.49. The van der Waals surface area contributed by atoms with E-state index in [1.165, 1.54) is 31.2 Å². The van der Waals surface area contributed by atoms with Crippen molar-refractivity contribution in [2.75, 3.05) is 0 Å². The van der Waals surface area contributed by atoms with Crippen LogP contribution in [-0.2, 0) is 16.1 Å². The van der Waals surface area contributed by atoms with Crippen LogP contribution in [-0.4, -0.2) is 27.3 Å². The molecule has 1 heterocycles. The lowest BCUT2D eigenvalue weighted by atomic mass is 10.2. The lowest BCUT2D eigenvalue weighted by molar-refractivity contribution is -0.150. The molecule has 0 saturated heterocycles. The quantitative estimate of drug-likeness (QED) is 0.889. The van der Waals surface area contributed by atoms with E-state index in [-0.39, 0.29) is 18.3 Å². The molecule has 0 aliphatic carbocycles. The van der Waals surface area contributed by atoms with Crippen molar-refractivity contribution in [1.82, 2.24) is 10.1 Å². The highest BCUT2D eigenvalue weighted by molar-refractivity contribution is 5.71. The summed E-state index contributed by atoms with van der Waals surface area (Å²) in [7, 11) is 0. The SMILES string of the molecule is C[C@H](OCc1nc(-c2ccc(F)cc2)no1)C(=O)O. The molecule has 0 bridgehead atoms. The molecule has 0 aliphatic heterocycles. The first kappa shape index (κ1) is 13.2. The molecule has 0 radical (unpaired) electrons. The zero-order chi connectivity index (χ0) is 13.8. The van der Waals surface area contributed by atoms with Crippen LogP contribution >= 0.6 is 0 Å². The maximum Gasteiger partial charge on any atom is 0.332 e. The number of aromatic nitrogens is 2. The van der Waals surface area contributed by atoms with Crippen LogP contribution in [0.1, 0.15) is 12.8 Å². The number of rotatable bonds is 5. The average molecular weight is 266 g/mol. The predicted octanol–water partition coefficient (Wildman–Crippen LogP) is 1.87. The van der Waals surface area contributed by atoms with E-state index >= 15 is 0 Å². The van der Waals surface area contributed by atoms with Crippen LogP contribution in [0.5, 0.6) is 0 Å².